The summed E-state index contributed by atoms with van der Waals surface area (Å²) in [4.78, 5) is 39.5. The first-order chi connectivity index (χ1) is 12.5. The van der Waals surface area contributed by atoms with Crippen molar-refractivity contribution in [1.29, 1.82) is 0 Å². The Hall–Kier alpha value is -3.06. The van der Waals surface area contributed by atoms with E-state index in [0.29, 0.717) is 23.4 Å². The van der Waals surface area contributed by atoms with Crippen molar-refractivity contribution in [1.82, 2.24) is 9.80 Å². The predicted octanol–water partition coefficient (Wildman–Crippen LogP) is 1.99. The molecule has 0 unspecified atom stereocenters. The van der Waals surface area contributed by atoms with E-state index in [1.165, 1.54) is 29.2 Å². The number of amides is 3. The first-order valence-electron chi connectivity index (χ1n) is 8.15. The Bertz CT molecular complexity index is 816. The maximum atomic E-state index is 12.9. The van der Waals surface area contributed by atoms with E-state index in [1.54, 1.807) is 36.2 Å². The van der Waals surface area contributed by atoms with E-state index in [1.807, 2.05) is 0 Å². The van der Waals surface area contributed by atoms with Crippen LogP contribution in [0.1, 0.15) is 20.7 Å². The first kappa shape index (κ1) is 17.8. The van der Waals surface area contributed by atoms with Crippen molar-refractivity contribution < 1.29 is 18.8 Å². The van der Waals surface area contributed by atoms with Gasteiger partial charge in [0.25, 0.3) is 11.8 Å². The summed E-state index contributed by atoms with van der Waals surface area (Å²) in [5.41, 5.74) is 1.33. The highest BCUT2D eigenvalue weighted by Gasteiger charge is 2.34. The highest BCUT2D eigenvalue weighted by Crippen LogP contribution is 2.21. The number of halogens is 1. The maximum absolute atomic E-state index is 12.9. The number of rotatable bonds is 6. The van der Waals surface area contributed by atoms with E-state index in [-0.39, 0.29) is 36.6 Å². The molecule has 6 nitrogen and oxygen atoms in total. The van der Waals surface area contributed by atoms with Gasteiger partial charge in [-0.3, -0.25) is 24.2 Å². The zero-order valence-corrected chi connectivity index (χ0v) is 14.2. The van der Waals surface area contributed by atoms with Gasteiger partial charge in [0.2, 0.25) is 5.91 Å². The van der Waals surface area contributed by atoms with Crippen LogP contribution in [-0.4, -0.2) is 54.2 Å². The molecular weight excluding hydrogens is 337 g/mol. The molecular formula is C19H18FN3O3. The quantitative estimate of drug-likeness (QED) is 0.805. The van der Waals surface area contributed by atoms with E-state index in [4.69, 9.17) is 0 Å². The largest absolute Gasteiger partial charge is 0.325 e. The fourth-order valence-corrected chi connectivity index (χ4v) is 2.77. The smallest absolute Gasteiger partial charge is 0.261 e. The zero-order chi connectivity index (χ0) is 18.7. The molecule has 134 valence electrons. The van der Waals surface area contributed by atoms with Crippen LogP contribution < -0.4 is 5.32 Å². The van der Waals surface area contributed by atoms with E-state index in [0.717, 1.165) is 0 Å². The van der Waals surface area contributed by atoms with Crippen molar-refractivity contribution in [3.05, 3.63) is 65.5 Å². The van der Waals surface area contributed by atoms with Crippen LogP contribution in [0.15, 0.2) is 48.5 Å². The van der Waals surface area contributed by atoms with Crippen LogP contribution in [0.3, 0.4) is 0 Å². The van der Waals surface area contributed by atoms with Crippen molar-refractivity contribution in [2.24, 2.45) is 0 Å². The molecule has 2 aromatic rings. The fourth-order valence-electron chi connectivity index (χ4n) is 2.77. The fraction of sp³-hybridized carbons (Fsp3) is 0.211. The second-order valence-electron chi connectivity index (χ2n) is 6.10. The van der Waals surface area contributed by atoms with Crippen LogP contribution in [0.25, 0.3) is 0 Å². The number of fused-ring (bicyclic) bond motifs is 1. The molecule has 3 rings (SSSR count). The van der Waals surface area contributed by atoms with Gasteiger partial charge in [0.1, 0.15) is 5.82 Å². The molecule has 0 fully saturated rings. The number of nitrogens with one attached hydrogen (secondary N) is 1. The van der Waals surface area contributed by atoms with Gasteiger partial charge in [0.15, 0.2) is 0 Å². The van der Waals surface area contributed by atoms with Gasteiger partial charge in [-0.2, -0.15) is 0 Å². The van der Waals surface area contributed by atoms with E-state index in [9.17, 15) is 18.8 Å². The number of carbonyl (C=O) groups excluding carboxylic acids is 3. The summed E-state index contributed by atoms with van der Waals surface area (Å²) >= 11 is 0. The van der Waals surface area contributed by atoms with Gasteiger partial charge in [0.05, 0.1) is 17.7 Å². The van der Waals surface area contributed by atoms with Gasteiger partial charge in [-0.25, -0.2) is 4.39 Å². The molecule has 0 saturated heterocycles. The second-order valence-corrected chi connectivity index (χ2v) is 6.10. The maximum Gasteiger partial charge on any atom is 0.261 e. The minimum Gasteiger partial charge on any atom is -0.325 e. The minimum absolute atomic E-state index is 0.0839. The van der Waals surface area contributed by atoms with Crippen LogP contribution in [0.2, 0.25) is 0 Å². The van der Waals surface area contributed by atoms with E-state index < -0.39 is 0 Å². The van der Waals surface area contributed by atoms with Crippen LogP contribution >= 0.6 is 0 Å². The highest BCUT2D eigenvalue weighted by atomic mass is 19.1. The van der Waals surface area contributed by atoms with Gasteiger partial charge in [0, 0.05) is 18.8 Å². The lowest BCUT2D eigenvalue weighted by molar-refractivity contribution is -0.117. The summed E-state index contributed by atoms with van der Waals surface area (Å²) in [6.07, 6.45) is 0. The summed E-state index contributed by atoms with van der Waals surface area (Å²) in [7, 11) is 1.72. The third-order valence-corrected chi connectivity index (χ3v) is 4.13. The summed E-state index contributed by atoms with van der Waals surface area (Å²) < 4.78 is 12.9. The molecule has 0 atom stereocenters. The molecule has 1 N–H and O–H groups in total. The molecule has 0 aromatic heterocycles. The third kappa shape index (κ3) is 3.78. The molecule has 0 aliphatic carbocycles. The lowest BCUT2D eigenvalue weighted by Gasteiger charge is -2.20. The van der Waals surface area contributed by atoms with Crippen molar-refractivity contribution in [3.63, 3.8) is 0 Å². The SMILES string of the molecule is CN(CCN1C(=O)c2ccccc2C1=O)CC(=O)Nc1ccc(F)cc1. The van der Waals surface area contributed by atoms with Crippen LogP contribution in [0.5, 0.6) is 0 Å². The average Bonchev–Trinajstić information content (AvgIpc) is 2.86. The normalized spacial score (nSPS) is 13.3. The molecule has 0 saturated carbocycles. The molecule has 0 radical (unpaired) electrons. The summed E-state index contributed by atoms with van der Waals surface area (Å²) in [6.45, 7) is 0.648. The number of benzene rings is 2. The topological polar surface area (TPSA) is 69.7 Å². The van der Waals surface area contributed by atoms with Crippen LogP contribution in [0.4, 0.5) is 10.1 Å². The molecule has 3 amide bonds. The molecule has 26 heavy (non-hydrogen) atoms. The molecule has 0 spiro atoms. The lowest BCUT2D eigenvalue weighted by Crippen LogP contribution is -2.39. The van der Waals surface area contributed by atoms with Crippen molar-refractivity contribution in [3.8, 4) is 0 Å². The van der Waals surface area contributed by atoms with Gasteiger partial charge in [-0.05, 0) is 43.4 Å². The highest BCUT2D eigenvalue weighted by molar-refractivity contribution is 6.21. The van der Waals surface area contributed by atoms with Gasteiger partial charge < -0.3 is 5.32 Å². The first-order valence-corrected chi connectivity index (χ1v) is 8.15. The summed E-state index contributed by atoms with van der Waals surface area (Å²) in [5.74, 6) is -1.26. The Morgan fingerprint density at radius 1 is 1.04 bits per heavy atom. The molecule has 1 aliphatic rings. The zero-order valence-electron chi connectivity index (χ0n) is 14.2. The molecule has 1 aliphatic heterocycles. The number of nitrogens with zero attached hydrogens (tertiary/aromatic N) is 2. The Balaban J connectivity index is 1.51. The van der Waals surface area contributed by atoms with Crippen LogP contribution in [-0.2, 0) is 4.79 Å². The summed E-state index contributed by atoms with van der Waals surface area (Å²) in [6, 6.07) is 12.2. The van der Waals surface area contributed by atoms with E-state index in [2.05, 4.69) is 5.32 Å². The molecule has 1 heterocycles. The number of imide groups is 1. The number of hydrogen-bond acceptors (Lipinski definition) is 4. The van der Waals surface area contributed by atoms with Gasteiger partial charge in [-0.1, -0.05) is 12.1 Å². The monoisotopic (exact) mass is 355 g/mol. The average molecular weight is 355 g/mol. The summed E-state index contributed by atoms with van der Waals surface area (Å²) in [5, 5.41) is 2.66. The molecule has 7 heteroatoms. The van der Waals surface area contributed by atoms with Crippen LogP contribution in [0, 0.1) is 5.82 Å². The molecule has 0 bridgehead atoms. The number of likely N-dealkylation sites (N-methyl/N-ethyl adjacent to an activating group) is 1. The van der Waals surface area contributed by atoms with Gasteiger partial charge >= 0.3 is 0 Å². The standard InChI is InChI=1S/C19H18FN3O3/c1-22(12-17(24)21-14-8-6-13(20)7-9-14)10-11-23-18(25)15-4-2-3-5-16(15)19(23)26/h2-9H,10-12H2,1H3,(H,21,24). The predicted molar refractivity (Wildman–Crippen MR) is 94.3 cm³/mol. The van der Waals surface area contributed by atoms with Crippen molar-refractivity contribution >= 4 is 23.4 Å². The Kier molecular flexibility index (Phi) is 5.09. The van der Waals surface area contributed by atoms with Crippen molar-refractivity contribution in [2.45, 2.75) is 0 Å². The van der Waals surface area contributed by atoms with Gasteiger partial charge in [-0.15, -0.1) is 0 Å². The minimum atomic E-state index is -0.374. The Morgan fingerprint density at radius 3 is 2.19 bits per heavy atom. The van der Waals surface area contributed by atoms with Crippen molar-refractivity contribution in [2.75, 3.05) is 32.0 Å². The second kappa shape index (κ2) is 7.45. The number of carbonyl (C=O) groups is 3. The van der Waals surface area contributed by atoms with E-state index >= 15 is 0 Å². The third-order valence-electron chi connectivity index (χ3n) is 4.13. The Labute approximate surface area is 150 Å². The number of hydrogen-bond donors (Lipinski definition) is 1. The molecule has 2 aromatic carbocycles. The Morgan fingerprint density at radius 2 is 1.62 bits per heavy atom. The lowest BCUT2D eigenvalue weighted by atomic mass is 10.1. The number of anilines is 1.